The number of nitrogens with two attached hydrogens (primary N) is 1. The molecule has 3 rings (SSSR count). The number of hydrogen-bond acceptors (Lipinski definition) is 4. The Morgan fingerprint density at radius 3 is 2.89 bits per heavy atom. The number of para-hydroxylation sites is 1. The molecule has 3 N–H and O–H groups in total. The minimum Gasteiger partial charge on any atom is -0.436 e. The predicted molar refractivity (Wildman–Crippen MR) is 72.5 cm³/mol. The summed E-state index contributed by atoms with van der Waals surface area (Å²) in [7, 11) is 0. The van der Waals surface area contributed by atoms with Crippen LogP contribution in [0.2, 0.25) is 0 Å². The zero-order chi connectivity index (χ0) is 13.4. The Morgan fingerprint density at radius 2 is 2.21 bits per heavy atom. The number of benzene rings is 1. The Balaban J connectivity index is 1.97. The molecule has 1 aliphatic rings. The van der Waals surface area contributed by atoms with Gasteiger partial charge in [0.15, 0.2) is 5.75 Å². The van der Waals surface area contributed by atoms with E-state index in [2.05, 4.69) is 9.97 Å². The van der Waals surface area contributed by atoms with Crippen molar-refractivity contribution in [3.05, 3.63) is 46.0 Å². The molecule has 5 nitrogen and oxygen atoms in total. The first-order valence-electron chi connectivity index (χ1n) is 6.27. The number of nitrogen functional groups attached to an aromatic ring is 1. The molecule has 0 unspecified atom stereocenters. The number of H-pyrrole nitrogens is 1. The SMILES string of the molecule is Cc1cccc(N)c1Oc1cc(=O)[nH]c(C2CC2)n1. The van der Waals surface area contributed by atoms with Gasteiger partial charge in [-0.3, -0.25) is 4.79 Å². The number of nitrogens with one attached hydrogen (secondary N) is 1. The number of anilines is 1. The van der Waals surface area contributed by atoms with Crippen molar-refractivity contribution in [2.75, 3.05) is 5.73 Å². The van der Waals surface area contributed by atoms with Gasteiger partial charge in [-0.1, -0.05) is 12.1 Å². The van der Waals surface area contributed by atoms with Crippen molar-refractivity contribution in [1.29, 1.82) is 0 Å². The fourth-order valence-electron chi connectivity index (χ4n) is 1.97. The highest BCUT2D eigenvalue weighted by atomic mass is 16.5. The highest BCUT2D eigenvalue weighted by Gasteiger charge is 2.26. The van der Waals surface area contributed by atoms with Crippen LogP contribution in [0.5, 0.6) is 11.6 Å². The quantitative estimate of drug-likeness (QED) is 0.827. The van der Waals surface area contributed by atoms with E-state index in [4.69, 9.17) is 10.5 Å². The summed E-state index contributed by atoms with van der Waals surface area (Å²) in [6, 6.07) is 6.87. The second-order valence-electron chi connectivity index (χ2n) is 4.84. The summed E-state index contributed by atoms with van der Waals surface area (Å²) in [5, 5.41) is 0. The van der Waals surface area contributed by atoms with Gasteiger partial charge in [-0.15, -0.1) is 0 Å². The molecule has 1 aromatic heterocycles. The molecule has 0 aliphatic heterocycles. The van der Waals surface area contributed by atoms with Gasteiger partial charge in [0.2, 0.25) is 5.88 Å². The number of nitrogens with zero attached hydrogens (tertiary/aromatic N) is 1. The average molecular weight is 257 g/mol. The van der Waals surface area contributed by atoms with Gasteiger partial charge in [0.1, 0.15) is 5.82 Å². The first-order valence-corrected chi connectivity index (χ1v) is 6.27. The van der Waals surface area contributed by atoms with Crippen LogP contribution < -0.4 is 16.0 Å². The molecule has 0 amide bonds. The molecular weight excluding hydrogens is 242 g/mol. The van der Waals surface area contributed by atoms with Gasteiger partial charge >= 0.3 is 0 Å². The van der Waals surface area contributed by atoms with E-state index in [0.29, 0.717) is 29.1 Å². The fourth-order valence-corrected chi connectivity index (χ4v) is 1.97. The summed E-state index contributed by atoms with van der Waals surface area (Å²) in [5.74, 6) is 1.93. The molecule has 1 saturated carbocycles. The van der Waals surface area contributed by atoms with Crippen LogP contribution >= 0.6 is 0 Å². The summed E-state index contributed by atoms with van der Waals surface area (Å²) >= 11 is 0. The number of hydrogen-bond donors (Lipinski definition) is 2. The van der Waals surface area contributed by atoms with Crippen LogP contribution in [-0.2, 0) is 0 Å². The van der Waals surface area contributed by atoms with Crippen molar-refractivity contribution >= 4 is 5.69 Å². The van der Waals surface area contributed by atoms with E-state index in [1.807, 2.05) is 19.1 Å². The number of aryl methyl sites for hydroxylation is 1. The standard InChI is InChI=1S/C14H15N3O2/c1-8-3-2-4-10(15)13(8)19-12-7-11(18)16-14(17-12)9-5-6-9/h2-4,7,9H,5-6,15H2,1H3,(H,16,17,18). The zero-order valence-electron chi connectivity index (χ0n) is 10.6. The third-order valence-corrected chi connectivity index (χ3v) is 3.15. The molecule has 1 aromatic carbocycles. The highest BCUT2D eigenvalue weighted by Crippen LogP contribution is 2.38. The van der Waals surface area contributed by atoms with Gasteiger partial charge in [0, 0.05) is 5.92 Å². The molecular formula is C14H15N3O2. The lowest BCUT2D eigenvalue weighted by molar-refractivity contribution is 0.456. The molecule has 2 aromatic rings. The number of aromatic nitrogens is 2. The van der Waals surface area contributed by atoms with Gasteiger partial charge < -0.3 is 15.5 Å². The Bertz CT molecular complexity index is 654. The van der Waals surface area contributed by atoms with Crippen molar-refractivity contribution < 1.29 is 4.74 Å². The maximum Gasteiger partial charge on any atom is 0.254 e. The maximum absolute atomic E-state index is 11.6. The van der Waals surface area contributed by atoms with Crippen molar-refractivity contribution in [2.45, 2.75) is 25.7 Å². The number of rotatable bonds is 3. The van der Waals surface area contributed by atoms with E-state index in [1.165, 1.54) is 6.07 Å². The summed E-state index contributed by atoms with van der Waals surface area (Å²) in [5.41, 5.74) is 7.13. The Hall–Kier alpha value is -2.30. The van der Waals surface area contributed by atoms with Crippen LogP contribution in [0, 0.1) is 6.92 Å². The minimum absolute atomic E-state index is 0.195. The van der Waals surface area contributed by atoms with Crippen LogP contribution in [-0.4, -0.2) is 9.97 Å². The molecule has 0 radical (unpaired) electrons. The third kappa shape index (κ3) is 2.45. The largest absolute Gasteiger partial charge is 0.436 e. The summed E-state index contributed by atoms with van der Waals surface area (Å²) in [4.78, 5) is 18.7. The topological polar surface area (TPSA) is 81.0 Å². The second kappa shape index (κ2) is 4.42. The third-order valence-electron chi connectivity index (χ3n) is 3.15. The smallest absolute Gasteiger partial charge is 0.254 e. The summed E-state index contributed by atoms with van der Waals surface area (Å²) in [6.45, 7) is 1.90. The van der Waals surface area contributed by atoms with Crippen LogP contribution in [0.1, 0.15) is 30.1 Å². The monoisotopic (exact) mass is 257 g/mol. The van der Waals surface area contributed by atoms with E-state index in [9.17, 15) is 4.79 Å². The predicted octanol–water partition coefficient (Wildman–Crippen LogP) is 2.33. The molecule has 0 spiro atoms. The maximum atomic E-state index is 11.6. The Kier molecular flexibility index (Phi) is 2.74. The van der Waals surface area contributed by atoms with E-state index < -0.39 is 0 Å². The molecule has 1 aliphatic carbocycles. The highest BCUT2D eigenvalue weighted by molar-refractivity contribution is 5.57. The van der Waals surface area contributed by atoms with Gasteiger partial charge in [-0.05, 0) is 31.4 Å². The minimum atomic E-state index is -0.195. The van der Waals surface area contributed by atoms with E-state index in [0.717, 1.165) is 18.4 Å². The lowest BCUT2D eigenvalue weighted by atomic mass is 10.2. The lowest BCUT2D eigenvalue weighted by Gasteiger charge is -2.10. The molecule has 0 atom stereocenters. The zero-order valence-corrected chi connectivity index (χ0v) is 10.6. The van der Waals surface area contributed by atoms with Crippen LogP contribution in [0.25, 0.3) is 0 Å². The molecule has 1 heterocycles. The number of ether oxygens (including phenoxy) is 1. The molecule has 1 fully saturated rings. The summed E-state index contributed by atoms with van der Waals surface area (Å²) < 4.78 is 5.68. The molecule has 5 heteroatoms. The van der Waals surface area contributed by atoms with Crippen molar-refractivity contribution in [2.24, 2.45) is 0 Å². The van der Waals surface area contributed by atoms with E-state index >= 15 is 0 Å². The first-order chi connectivity index (χ1) is 9.13. The molecule has 0 saturated heterocycles. The Labute approximate surface area is 110 Å². The van der Waals surface area contributed by atoms with Gasteiger partial charge in [0.05, 0.1) is 11.8 Å². The van der Waals surface area contributed by atoms with Gasteiger partial charge in [-0.25, -0.2) is 0 Å². The average Bonchev–Trinajstić information content (AvgIpc) is 3.17. The van der Waals surface area contributed by atoms with E-state index in [-0.39, 0.29) is 5.56 Å². The molecule has 98 valence electrons. The van der Waals surface area contributed by atoms with Crippen LogP contribution in [0.4, 0.5) is 5.69 Å². The summed E-state index contributed by atoms with van der Waals surface area (Å²) in [6.07, 6.45) is 2.14. The van der Waals surface area contributed by atoms with Crippen molar-refractivity contribution in [3.8, 4) is 11.6 Å². The van der Waals surface area contributed by atoms with Gasteiger partial charge in [0.25, 0.3) is 5.56 Å². The normalized spacial score (nSPS) is 14.4. The lowest BCUT2D eigenvalue weighted by Crippen LogP contribution is -2.10. The Morgan fingerprint density at radius 1 is 1.42 bits per heavy atom. The fraction of sp³-hybridized carbons (Fsp3) is 0.286. The second-order valence-corrected chi connectivity index (χ2v) is 4.84. The molecule has 19 heavy (non-hydrogen) atoms. The first kappa shape index (κ1) is 11.8. The van der Waals surface area contributed by atoms with Crippen molar-refractivity contribution in [3.63, 3.8) is 0 Å². The van der Waals surface area contributed by atoms with Crippen LogP contribution in [0.3, 0.4) is 0 Å². The number of aromatic amines is 1. The molecule has 0 bridgehead atoms. The van der Waals surface area contributed by atoms with E-state index in [1.54, 1.807) is 6.07 Å². The van der Waals surface area contributed by atoms with Crippen LogP contribution in [0.15, 0.2) is 29.1 Å². The van der Waals surface area contributed by atoms with Gasteiger partial charge in [-0.2, -0.15) is 4.98 Å². The van der Waals surface area contributed by atoms with Crippen molar-refractivity contribution in [1.82, 2.24) is 9.97 Å².